The number of hydrogen-bond acceptors (Lipinski definition) is 6. The van der Waals surface area contributed by atoms with Gasteiger partial charge in [0.15, 0.2) is 0 Å². The monoisotopic (exact) mass is 239 g/mol. The number of rotatable bonds is 6. The summed E-state index contributed by atoms with van der Waals surface area (Å²) in [5.74, 6) is 0.0945. The molecule has 0 spiro atoms. The van der Waals surface area contributed by atoms with Crippen molar-refractivity contribution in [3.63, 3.8) is 0 Å². The Morgan fingerprint density at radius 1 is 1.59 bits per heavy atom. The number of carbonyl (C=O) groups excluding carboxylic acids is 1. The van der Waals surface area contributed by atoms with Crippen LogP contribution in [0.5, 0.6) is 0 Å². The molecule has 0 amide bonds. The first-order valence-corrected chi connectivity index (χ1v) is 5.34. The predicted octanol–water partition coefficient (Wildman–Crippen LogP) is 0.899. The highest BCUT2D eigenvalue weighted by Crippen LogP contribution is 2.15. The van der Waals surface area contributed by atoms with Crippen LogP contribution in [0.4, 0.5) is 11.5 Å². The third-order valence-electron chi connectivity index (χ3n) is 2.10. The Bertz CT molecular complexity index is 382. The van der Waals surface area contributed by atoms with Gasteiger partial charge in [0.25, 0.3) is 0 Å². The van der Waals surface area contributed by atoms with Gasteiger partial charge in [0.2, 0.25) is 0 Å². The smallest absolute Gasteiger partial charge is 0.340 e. The topological polar surface area (TPSA) is 86.5 Å². The van der Waals surface area contributed by atoms with E-state index in [1.54, 1.807) is 6.07 Å². The van der Waals surface area contributed by atoms with Crippen molar-refractivity contribution in [3.05, 3.63) is 17.8 Å². The zero-order valence-corrected chi connectivity index (χ0v) is 10.0. The van der Waals surface area contributed by atoms with Crippen LogP contribution in [0, 0.1) is 0 Å². The molecule has 6 nitrogen and oxygen atoms in total. The van der Waals surface area contributed by atoms with Crippen LogP contribution >= 0.6 is 0 Å². The van der Waals surface area contributed by atoms with Crippen molar-refractivity contribution < 1.29 is 14.3 Å². The van der Waals surface area contributed by atoms with E-state index in [2.05, 4.69) is 15.0 Å². The second kappa shape index (κ2) is 6.70. The molecule has 0 aliphatic rings. The fourth-order valence-electron chi connectivity index (χ4n) is 1.24. The van der Waals surface area contributed by atoms with E-state index in [-0.39, 0.29) is 0 Å². The van der Waals surface area contributed by atoms with E-state index in [9.17, 15) is 4.79 Å². The Hall–Kier alpha value is -1.82. The van der Waals surface area contributed by atoms with Crippen molar-refractivity contribution in [3.8, 4) is 0 Å². The van der Waals surface area contributed by atoms with Crippen LogP contribution in [0.3, 0.4) is 0 Å². The maximum atomic E-state index is 11.4. The lowest BCUT2D eigenvalue weighted by molar-refractivity contribution is 0.0602. The number of nitrogens with zero attached hydrogens (tertiary/aromatic N) is 1. The van der Waals surface area contributed by atoms with E-state index >= 15 is 0 Å². The maximum absolute atomic E-state index is 11.4. The van der Waals surface area contributed by atoms with Crippen molar-refractivity contribution in [2.24, 2.45) is 0 Å². The summed E-state index contributed by atoms with van der Waals surface area (Å²) in [5.41, 5.74) is 6.23. The number of methoxy groups -OCH3 is 1. The SMILES string of the molecule is CCOCCNc1cc(C(=O)OC)c(N)cn1. The number of pyridine rings is 1. The number of hydrogen-bond donors (Lipinski definition) is 2. The second-order valence-electron chi connectivity index (χ2n) is 3.27. The summed E-state index contributed by atoms with van der Waals surface area (Å²) in [4.78, 5) is 15.4. The Kier molecular flexibility index (Phi) is 5.22. The summed E-state index contributed by atoms with van der Waals surface area (Å²) in [6, 6.07) is 1.56. The molecule has 0 fully saturated rings. The van der Waals surface area contributed by atoms with Gasteiger partial charge in [0, 0.05) is 13.2 Å². The van der Waals surface area contributed by atoms with Crippen molar-refractivity contribution in [2.45, 2.75) is 6.92 Å². The minimum Gasteiger partial charge on any atom is -0.465 e. The fraction of sp³-hybridized carbons (Fsp3) is 0.455. The maximum Gasteiger partial charge on any atom is 0.340 e. The van der Waals surface area contributed by atoms with E-state index in [0.717, 1.165) is 0 Å². The molecule has 0 radical (unpaired) electrons. The van der Waals surface area contributed by atoms with Crippen molar-refractivity contribution >= 4 is 17.5 Å². The van der Waals surface area contributed by atoms with Gasteiger partial charge >= 0.3 is 5.97 Å². The largest absolute Gasteiger partial charge is 0.465 e. The quantitative estimate of drug-likeness (QED) is 0.566. The molecule has 0 unspecified atom stereocenters. The van der Waals surface area contributed by atoms with Crippen molar-refractivity contribution in [1.29, 1.82) is 0 Å². The molecule has 6 heteroatoms. The Balaban J connectivity index is 2.65. The summed E-state index contributed by atoms with van der Waals surface area (Å²) in [5, 5.41) is 3.03. The minimum atomic E-state index is -0.474. The van der Waals surface area contributed by atoms with E-state index in [1.165, 1.54) is 13.3 Å². The molecule has 1 aromatic heterocycles. The molecule has 0 aliphatic carbocycles. The lowest BCUT2D eigenvalue weighted by atomic mass is 10.2. The third-order valence-corrected chi connectivity index (χ3v) is 2.10. The van der Waals surface area contributed by atoms with Gasteiger partial charge in [-0.15, -0.1) is 0 Å². The highest BCUT2D eigenvalue weighted by Gasteiger charge is 2.11. The summed E-state index contributed by atoms with van der Waals surface area (Å²) in [6.07, 6.45) is 1.43. The average molecular weight is 239 g/mol. The number of carbonyl (C=O) groups is 1. The molecular formula is C11H17N3O3. The van der Waals surface area contributed by atoms with Crippen LogP contribution in [-0.4, -0.2) is 37.8 Å². The minimum absolute atomic E-state index is 0.298. The molecule has 1 rings (SSSR count). The first kappa shape index (κ1) is 13.2. The van der Waals surface area contributed by atoms with Gasteiger partial charge in [-0.3, -0.25) is 0 Å². The Morgan fingerprint density at radius 2 is 2.35 bits per heavy atom. The lowest BCUT2D eigenvalue weighted by Gasteiger charge is -2.08. The lowest BCUT2D eigenvalue weighted by Crippen LogP contribution is -2.12. The first-order valence-electron chi connectivity index (χ1n) is 5.34. The van der Waals surface area contributed by atoms with E-state index in [1.807, 2.05) is 6.92 Å². The molecule has 0 atom stereocenters. The highest BCUT2D eigenvalue weighted by molar-refractivity contribution is 5.95. The van der Waals surface area contributed by atoms with Crippen LogP contribution in [0.25, 0.3) is 0 Å². The number of ether oxygens (including phenoxy) is 2. The van der Waals surface area contributed by atoms with Crippen molar-refractivity contribution in [2.75, 3.05) is 37.9 Å². The Morgan fingerprint density at radius 3 is 3.00 bits per heavy atom. The molecule has 1 aromatic rings. The standard InChI is InChI=1S/C11H17N3O3/c1-3-17-5-4-13-10-6-8(11(15)16-2)9(12)7-14-10/h6-7H,3-5,12H2,1-2H3,(H,13,14). The van der Waals surface area contributed by atoms with Gasteiger partial charge in [0.1, 0.15) is 5.82 Å². The number of nitrogen functional groups attached to an aromatic ring is 1. The first-order chi connectivity index (χ1) is 8.19. The van der Waals surface area contributed by atoms with Gasteiger partial charge in [-0.05, 0) is 13.0 Å². The molecule has 0 bridgehead atoms. The van der Waals surface area contributed by atoms with Crippen LogP contribution in [0.2, 0.25) is 0 Å². The number of aromatic nitrogens is 1. The third kappa shape index (κ3) is 3.92. The van der Waals surface area contributed by atoms with Gasteiger partial charge in [0.05, 0.1) is 31.2 Å². The van der Waals surface area contributed by atoms with Gasteiger partial charge in [-0.25, -0.2) is 9.78 Å². The molecule has 0 saturated heterocycles. The molecule has 0 aromatic carbocycles. The highest BCUT2D eigenvalue weighted by atomic mass is 16.5. The Labute approximate surface area is 100 Å². The molecule has 94 valence electrons. The van der Waals surface area contributed by atoms with Crippen LogP contribution in [-0.2, 0) is 9.47 Å². The van der Waals surface area contributed by atoms with E-state index < -0.39 is 5.97 Å². The molecule has 17 heavy (non-hydrogen) atoms. The van der Waals surface area contributed by atoms with Crippen molar-refractivity contribution in [1.82, 2.24) is 4.98 Å². The van der Waals surface area contributed by atoms with E-state index in [4.69, 9.17) is 10.5 Å². The number of anilines is 2. The fourth-order valence-corrected chi connectivity index (χ4v) is 1.24. The summed E-state index contributed by atoms with van der Waals surface area (Å²) in [6.45, 7) is 3.79. The van der Waals surface area contributed by atoms with Crippen LogP contribution < -0.4 is 11.1 Å². The molecule has 0 saturated carbocycles. The number of nitrogens with one attached hydrogen (secondary N) is 1. The summed E-state index contributed by atoms with van der Waals surface area (Å²) >= 11 is 0. The summed E-state index contributed by atoms with van der Waals surface area (Å²) in [7, 11) is 1.31. The molecule has 0 aliphatic heterocycles. The van der Waals surface area contributed by atoms with E-state index in [0.29, 0.717) is 36.8 Å². The van der Waals surface area contributed by atoms with Crippen LogP contribution in [0.1, 0.15) is 17.3 Å². The van der Waals surface area contributed by atoms with Crippen LogP contribution in [0.15, 0.2) is 12.3 Å². The summed E-state index contributed by atoms with van der Waals surface area (Å²) < 4.78 is 9.79. The molecule has 3 N–H and O–H groups in total. The number of nitrogens with two attached hydrogens (primary N) is 1. The molecule has 1 heterocycles. The molecular weight excluding hydrogens is 222 g/mol. The normalized spacial score (nSPS) is 10.0. The van der Waals surface area contributed by atoms with Gasteiger partial charge in [-0.1, -0.05) is 0 Å². The van der Waals surface area contributed by atoms with Gasteiger partial charge < -0.3 is 20.5 Å². The number of esters is 1. The van der Waals surface area contributed by atoms with Gasteiger partial charge in [-0.2, -0.15) is 0 Å². The average Bonchev–Trinajstić information content (AvgIpc) is 2.35. The zero-order valence-electron chi connectivity index (χ0n) is 10.0. The predicted molar refractivity (Wildman–Crippen MR) is 65.0 cm³/mol. The zero-order chi connectivity index (χ0) is 12.7. The second-order valence-corrected chi connectivity index (χ2v) is 3.27.